The van der Waals surface area contributed by atoms with Gasteiger partial charge in [0.25, 0.3) is 11.8 Å². The van der Waals surface area contributed by atoms with Crippen molar-refractivity contribution in [3.05, 3.63) is 52.3 Å². The Hall–Kier alpha value is -2.47. The van der Waals surface area contributed by atoms with Crippen LogP contribution in [0.1, 0.15) is 26.4 Å². The molecule has 1 aromatic carbocycles. The molecule has 7 heteroatoms. The maximum Gasteiger partial charge on any atom is 0.276 e. The van der Waals surface area contributed by atoms with Gasteiger partial charge in [-0.25, -0.2) is 0 Å². The highest BCUT2D eigenvalue weighted by Crippen LogP contribution is 2.19. The van der Waals surface area contributed by atoms with Gasteiger partial charge in [0, 0.05) is 18.3 Å². The number of hydrogen-bond acceptors (Lipinski definition) is 4. The third kappa shape index (κ3) is 3.35. The summed E-state index contributed by atoms with van der Waals surface area (Å²) in [5.41, 5.74) is 1.85. The normalized spacial score (nSPS) is 10.0. The number of hydrogen-bond donors (Lipinski definition) is 2. The average molecular weight is 305 g/mol. The van der Waals surface area contributed by atoms with E-state index in [2.05, 4.69) is 20.8 Å². The minimum atomic E-state index is -0.420. The second kappa shape index (κ2) is 6.32. The highest BCUT2D eigenvalue weighted by atomic mass is 35.5. The number of benzene rings is 1. The lowest BCUT2D eigenvalue weighted by molar-refractivity contribution is 0.0960. The summed E-state index contributed by atoms with van der Waals surface area (Å²) in [5.74, 6) is -0.633. The molecule has 6 nitrogen and oxygen atoms in total. The van der Waals surface area contributed by atoms with E-state index in [4.69, 9.17) is 11.6 Å². The zero-order valence-electron chi connectivity index (χ0n) is 11.5. The van der Waals surface area contributed by atoms with E-state index in [9.17, 15) is 9.59 Å². The third-order valence-electron chi connectivity index (χ3n) is 2.92. The lowest BCUT2D eigenvalue weighted by Crippen LogP contribution is -2.20. The van der Waals surface area contributed by atoms with Crippen molar-refractivity contribution >= 4 is 29.1 Å². The smallest absolute Gasteiger partial charge is 0.276 e. The lowest BCUT2D eigenvalue weighted by Gasteiger charge is -2.11. The molecule has 0 aliphatic heterocycles. The van der Waals surface area contributed by atoms with Crippen molar-refractivity contribution < 1.29 is 9.59 Å². The molecule has 0 radical (unpaired) electrons. The maximum atomic E-state index is 12.1. The number of rotatable bonds is 3. The Morgan fingerprint density at radius 3 is 2.48 bits per heavy atom. The molecule has 21 heavy (non-hydrogen) atoms. The first-order valence-electron chi connectivity index (χ1n) is 6.15. The summed E-state index contributed by atoms with van der Waals surface area (Å²) in [6, 6.07) is 8.05. The van der Waals surface area contributed by atoms with Gasteiger partial charge in [0.1, 0.15) is 0 Å². The molecule has 0 unspecified atom stereocenters. The predicted molar refractivity (Wildman–Crippen MR) is 79.6 cm³/mol. The number of nitrogens with zero attached hydrogens (tertiary/aromatic N) is 2. The van der Waals surface area contributed by atoms with Crippen LogP contribution in [-0.2, 0) is 0 Å². The first kappa shape index (κ1) is 14.9. The van der Waals surface area contributed by atoms with Gasteiger partial charge >= 0.3 is 0 Å². The number of nitrogens with one attached hydrogen (secondary N) is 2. The first-order chi connectivity index (χ1) is 10.0. The summed E-state index contributed by atoms with van der Waals surface area (Å²) in [5, 5.41) is 12.8. The number of aromatic nitrogens is 2. The minimum Gasteiger partial charge on any atom is -0.355 e. The Bertz CT molecular complexity index is 686. The van der Waals surface area contributed by atoms with E-state index in [-0.39, 0.29) is 16.8 Å². The highest BCUT2D eigenvalue weighted by Gasteiger charge is 2.14. The summed E-state index contributed by atoms with van der Waals surface area (Å²) >= 11 is 5.62. The quantitative estimate of drug-likeness (QED) is 0.909. The maximum absolute atomic E-state index is 12.1. The molecule has 2 aromatic rings. The molecular weight excluding hydrogens is 292 g/mol. The van der Waals surface area contributed by atoms with Crippen LogP contribution in [0, 0.1) is 6.92 Å². The van der Waals surface area contributed by atoms with Crippen LogP contribution >= 0.6 is 11.6 Å². The van der Waals surface area contributed by atoms with Crippen molar-refractivity contribution in [1.29, 1.82) is 0 Å². The molecule has 0 bridgehead atoms. The molecule has 1 heterocycles. The van der Waals surface area contributed by atoms with Crippen LogP contribution in [0.3, 0.4) is 0 Å². The van der Waals surface area contributed by atoms with Gasteiger partial charge in [0.15, 0.2) is 10.8 Å². The number of amides is 2. The van der Waals surface area contributed by atoms with E-state index in [1.54, 1.807) is 32.2 Å². The minimum absolute atomic E-state index is 0.143. The molecule has 0 aliphatic carbocycles. The van der Waals surface area contributed by atoms with Crippen LogP contribution in [0.25, 0.3) is 0 Å². The number of carbonyl (C=O) groups excluding carboxylic acids is 2. The van der Waals surface area contributed by atoms with E-state index in [1.165, 1.54) is 12.1 Å². The van der Waals surface area contributed by atoms with Crippen molar-refractivity contribution in [3.63, 3.8) is 0 Å². The van der Waals surface area contributed by atoms with Gasteiger partial charge in [-0.3, -0.25) is 9.59 Å². The van der Waals surface area contributed by atoms with Crippen LogP contribution in [0.15, 0.2) is 30.3 Å². The predicted octanol–water partition coefficient (Wildman–Crippen LogP) is 2.05. The van der Waals surface area contributed by atoms with E-state index >= 15 is 0 Å². The van der Waals surface area contributed by atoms with Crippen LogP contribution < -0.4 is 10.6 Å². The molecule has 1 aromatic heterocycles. The first-order valence-corrected chi connectivity index (χ1v) is 6.53. The molecule has 108 valence electrons. The fourth-order valence-electron chi connectivity index (χ4n) is 1.78. The molecule has 2 amide bonds. The zero-order valence-corrected chi connectivity index (χ0v) is 12.2. The van der Waals surface area contributed by atoms with Gasteiger partial charge in [0.2, 0.25) is 0 Å². The van der Waals surface area contributed by atoms with Crippen LogP contribution in [0.5, 0.6) is 0 Å². The Morgan fingerprint density at radius 2 is 1.86 bits per heavy atom. The third-order valence-corrected chi connectivity index (χ3v) is 3.12. The van der Waals surface area contributed by atoms with Crippen molar-refractivity contribution in [2.45, 2.75) is 6.92 Å². The molecule has 0 atom stereocenters. The van der Waals surface area contributed by atoms with E-state index in [0.29, 0.717) is 16.8 Å². The van der Waals surface area contributed by atoms with Crippen LogP contribution in [0.4, 0.5) is 5.69 Å². The Labute approximate surface area is 126 Å². The number of anilines is 1. The Morgan fingerprint density at radius 1 is 1.10 bits per heavy atom. The SMILES string of the molecule is CNC(=O)c1cccc(NC(=O)c2ccc(Cl)nn2)c1C. The topological polar surface area (TPSA) is 84.0 Å². The number of halogens is 1. The summed E-state index contributed by atoms with van der Waals surface area (Å²) in [6.07, 6.45) is 0. The molecular formula is C14H13ClN4O2. The number of carbonyl (C=O) groups is 2. The van der Waals surface area contributed by atoms with Gasteiger partial charge in [-0.15, -0.1) is 10.2 Å². The fraction of sp³-hybridized carbons (Fsp3) is 0.143. The summed E-state index contributed by atoms with van der Waals surface area (Å²) in [6.45, 7) is 1.76. The van der Waals surface area contributed by atoms with Gasteiger partial charge in [-0.1, -0.05) is 17.7 Å². The summed E-state index contributed by atoms with van der Waals surface area (Å²) < 4.78 is 0. The van der Waals surface area contributed by atoms with E-state index in [1.807, 2.05) is 0 Å². The molecule has 0 saturated carbocycles. The van der Waals surface area contributed by atoms with Crippen molar-refractivity contribution in [2.75, 3.05) is 12.4 Å². The van der Waals surface area contributed by atoms with Crippen molar-refractivity contribution in [1.82, 2.24) is 15.5 Å². The zero-order chi connectivity index (χ0) is 15.4. The molecule has 0 spiro atoms. The van der Waals surface area contributed by atoms with Crippen molar-refractivity contribution in [2.24, 2.45) is 0 Å². The second-order valence-corrected chi connectivity index (χ2v) is 4.64. The molecule has 0 fully saturated rings. The average Bonchev–Trinajstić information content (AvgIpc) is 2.49. The van der Waals surface area contributed by atoms with Gasteiger partial charge < -0.3 is 10.6 Å². The molecule has 2 N–H and O–H groups in total. The monoisotopic (exact) mass is 304 g/mol. The largest absolute Gasteiger partial charge is 0.355 e. The van der Waals surface area contributed by atoms with Crippen molar-refractivity contribution in [3.8, 4) is 0 Å². The van der Waals surface area contributed by atoms with Gasteiger partial charge in [0.05, 0.1) is 0 Å². The highest BCUT2D eigenvalue weighted by molar-refractivity contribution is 6.29. The van der Waals surface area contributed by atoms with Gasteiger partial charge in [-0.2, -0.15) is 0 Å². The van der Waals surface area contributed by atoms with Crippen LogP contribution in [0.2, 0.25) is 5.15 Å². The Kier molecular flexibility index (Phi) is 4.49. The van der Waals surface area contributed by atoms with Gasteiger partial charge in [-0.05, 0) is 36.8 Å². The molecule has 0 aliphatic rings. The van der Waals surface area contributed by atoms with E-state index < -0.39 is 5.91 Å². The second-order valence-electron chi connectivity index (χ2n) is 4.25. The lowest BCUT2D eigenvalue weighted by atomic mass is 10.1. The van der Waals surface area contributed by atoms with E-state index in [0.717, 1.165) is 0 Å². The van der Waals surface area contributed by atoms with Crippen LogP contribution in [-0.4, -0.2) is 29.1 Å². The molecule has 2 rings (SSSR count). The Balaban J connectivity index is 2.25. The molecule has 0 saturated heterocycles. The summed E-state index contributed by atoms with van der Waals surface area (Å²) in [7, 11) is 1.55. The standard InChI is InChI=1S/C14H13ClN4O2/c1-8-9(13(20)16-2)4-3-5-10(8)17-14(21)11-6-7-12(15)19-18-11/h3-7H,1-2H3,(H,16,20)(H,17,21). The summed E-state index contributed by atoms with van der Waals surface area (Å²) in [4.78, 5) is 23.8. The fourth-order valence-corrected chi connectivity index (χ4v) is 1.88.